The molecule has 0 saturated heterocycles. The highest BCUT2D eigenvalue weighted by atomic mass is 32.2. The Morgan fingerprint density at radius 3 is 2.37 bits per heavy atom. The van der Waals surface area contributed by atoms with E-state index in [1.807, 2.05) is 6.26 Å². The SMILES string of the molecule is COC(=O)c1ccc(C)c(NS(=O)(=O)c2ccc(SC)c(NC(C)=O)c2)c1. The molecule has 0 aliphatic heterocycles. The zero-order chi connectivity index (χ0) is 20.2. The molecule has 2 N–H and O–H groups in total. The van der Waals surface area contributed by atoms with Crippen molar-refractivity contribution in [1.82, 2.24) is 0 Å². The molecule has 144 valence electrons. The Kier molecular flexibility index (Phi) is 6.50. The van der Waals surface area contributed by atoms with Crippen molar-refractivity contribution in [2.75, 3.05) is 23.4 Å². The summed E-state index contributed by atoms with van der Waals surface area (Å²) in [5.41, 5.74) is 1.57. The number of rotatable bonds is 6. The highest BCUT2D eigenvalue weighted by Crippen LogP contribution is 2.29. The molecule has 0 aromatic heterocycles. The van der Waals surface area contributed by atoms with Gasteiger partial charge < -0.3 is 10.1 Å². The molecule has 2 aromatic carbocycles. The van der Waals surface area contributed by atoms with Crippen LogP contribution in [0.2, 0.25) is 0 Å². The largest absolute Gasteiger partial charge is 0.465 e. The summed E-state index contributed by atoms with van der Waals surface area (Å²) in [5.74, 6) is -0.859. The number of thioether (sulfide) groups is 1. The molecule has 7 nitrogen and oxygen atoms in total. The van der Waals surface area contributed by atoms with E-state index in [9.17, 15) is 18.0 Å². The van der Waals surface area contributed by atoms with Gasteiger partial charge in [-0.05, 0) is 49.1 Å². The van der Waals surface area contributed by atoms with Gasteiger partial charge in [0.1, 0.15) is 0 Å². The number of anilines is 2. The standard InChI is InChI=1S/C18H20N2O5S2/c1-11-5-6-13(18(22)25-3)9-15(11)20-27(23,24)14-7-8-17(26-4)16(10-14)19-12(2)21/h5-10,20H,1-4H3,(H,19,21). The fraction of sp³-hybridized carbons (Fsp3) is 0.222. The van der Waals surface area contributed by atoms with Crippen molar-refractivity contribution in [2.45, 2.75) is 23.6 Å². The lowest BCUT2D eigenvalue weighted by Crippen LogP contribution is -2.15. The predicted octanol–water partition coefficient (Wildman–Crippen LogP) is 3.26. The van der Waals surface area contributed by atoms with Crippen LogP contribution in [0.5, 0.6) is 0 Å². The van der Waals surface area contributed by atoms with Gasteiger partial charge in [0.05, 0.1) is 28.9 Å². The van der Waals surface area contributed by atoms with Gasteiger partial charge in [-0.2, -0.15) is 0 Å². The van der Waals surface area contributed by atoms with E-state index in [0.29, 0.717) is 11.3 Å². The Bertz CT molecular complexity index is 987. The molecule has 0 aliphatic rings. The van der Waals surface area contributed by atoms with Crippen LogP contribution in [-0.4, -0.2) is 33.7 Å². The maximum absolute atomic E-state index is 12.8. The second-order valence-electron chi connectivity index (χ2n) is 5.67. The molecule has 2 aromatic rings. The first-order valence-corrected chi connectivity index (χ1v) is 10.6. The number of methoxy groups -OCH3 is 1. The number of aryl methyl sites for hydroxylation is 1. The molecule has 2 rings (SSSR count). The minimum absolute atomic E-state index is 0.00748. The molecular formula is C18H20N2O5S2. The van der Waals surface area contributed by atoms with E-state index >= 15 is 0 Å². The molecule has 0 spiro atoms. The van der Waals surface area contributed by atoms with Crippen molar-refractivity contribution >= 4 is 45.0 Å². The third-order valence-electron chi connectivity index (χ3n) is 3.69. The fourth-order valence-corrected chi connectivity index (χ4v) is 4.00. The van der Waals surface area contributed by atoms with E-state index in [2.05, 4.69) is 14.8 Å². The summed E-state index contributed by atoms with van der Waals surface area (Å²) >= 11 is 1.39. The summed E-state index contributed by atoms with van der Waals surface area (Å²) in [6, 6.07) is 9.09. The van der Waals surface area contributed by atoms with Crippen molar-refractivity contribution in [3.05, 3.63) is 47.5 Å². The maximum Gasteiger partial charge on any atom is 0.337 e. The van der Waals surface area contributed by atoms with Gasteiger partial charge in [0.15, 0.2) is 0 Å². The van der Waals surface area contributed by atoms with Gasteiger partial charge in [0.25, 0.3) is 10.0 Å². The first kappa shape index (κ1) is 20.8. The van der Waals surface area contributed by atoms with Gasteiger partial charge in [-0.1, -0.05) is 6.07 Å². The number of ether oxygens (including phenoxy) is 1. The summed E-state index contributed by atoms with van der Waals surface area (Å²) in [6.07, 6.45) is 1.83. The van der Waals surface area contributed by atoms with Crippen molar-refractivity contribution in [3.8, 4) is 0 Å². The topological polar surface area (TPSA) is 102 Å². The maximum atomic E-state index is 12.8. The van der Waals surface area contributed by atoms with Crippen molar-refractivity contribution in [3.63, 3.8) is 0 Å². The molecule has 1 amide bonds. The van der Waals surface area contributed by atoms with Crippen LogP contribution in [0.25, 0.3) is 0 Å². The molecule has 0 fully saturated rings. The van der Waals surface area contributed by atoms with Crippen molar-refractivity contribution in [1.29, 1.82) is 0 Å². The van der Waals surface area contributed by atoms with Crippen LogP contribution in [0.4, 0.5) is 11.4 Å². The number of benzene rings is 2. The third-order valence-corrected chi connectivity index (χ3v) is 5.85. The van der Waals surface area contributed by atoms with Gasteiger partial charge in [-0.25, -0.2) is 13.2 Å². The third kappa shape index (κ3) is 5.01. The number of carbonyl (C=O) groups is 2. The normalized spacial score (nSPS) is 11.0. The number of hydrogen-bond donors (Lipinski definition) is 2. The van der Waals surface area contributed by atoms with E-state index in [1.54, 1.807) is 25.1 Å². The smallest absolute Gasteiger partial charge is 0.337 e. The van der Waals surface area contributed by atoms with Crippen LogP contribution in [0, 0.1) is 6.92 Å². The summed E-state index contributed by atoms with van der Waals surface area (Å²) in [7, 11) is -2.68. The lowest BCUT2D eigenvalue weighted by atomic mass is 10.1. The van der Waals surface area contributed by atoms with E-state index in [0.717, 1.165) is 4.90 Å². The van der Waals surface area contributed by atoms with E-state index in [4.69, 9.17) is 0 Å². The highest BCUT2D eigenvalue weighted by Gasteiger charge is 2.19. The monoisotopic (exact) mass is 408 g/mol. The number of esters is 1. The van der Waals surface area contributed by atoms with Crippen molar-refractivity contribution in [2.24, 2.45) is 0 Å². The second-order valence-corrected chi connectivity index (χ2v) is 8.20. The molecular weight excluding hydrogens is 388 g/mol. The second kappa shape index (κ2) is 8.45. The summed E-state index contributed by atoms with van der Waals surface area (Å²) in [5, 5.41) is 2.63. The van der Waals surface area contributed by atoms with Crippen molar-refractivity contribution < 1.29 is 22.7 Å². The quantitative estimate of drug-likeness (QED) is 0.562. The van der Waals surface area contributed by atoms with E-state index < -0.39 is 16.0 Å². The lowest BCUT2D eigenvalue weighted by Gasteiger charge is -2.14. The van der Waals surface area contributed by atoms with Gasteiger partial charge in [-0.3, -0.25) is 9.52 Å². The molecule has 0 heterocycles. The average Bonchev–Trinajstić information content (AvgIpc) is 2.62. The molecule has 27 heavy (non-hydrogen) atoms. The molecule has 0 bridgehead atoms. The fourth-order valence-electron chi connectivity index (χ4n) is 2.32. The molecule has 0 atom stereocenters. The zero-order valence-corrected chi connectivity index (χ0v) is 17.0. The van der Waals surface area contributed by atoms with Gasteiger partial charge in [-0.15, -0.1) is 11.8 Å². The van der Waals surface area contributed by atoms with Crippen LogP contribution >= 0.6 is 11.8 Å². The molecule has 0 aliphatic carbocycles. The Morgan fingerprint density at radius 2 is 1.78 bits per heavy atom. The predicted molar refractivity (Wildman–Crippen MR) is 106 cm³/mol. The molecule has 0 saturated carbocycles. The summed E-state index contributed by atoms with van der Waals surface area (Å²) in [4.78, 5) is 23.8. The minimum Gasteiger partial charge on any atom is -0.465 e. The van der Waals surface area contributed by atoms with Crippen LogP contribution < -0.4 is 10.0 Å². The number of amides is 1. The van der Waals surface area contributed by atoms with Gasteiger partial charge >= 0.3 is 5.97 Å². The Balaban J connectivity index is 2.42. The highest BCUT2D eigenvalue weighted by molar-refractivity contribution is 7.98. The van der Waals surface area contributed by atoms with Crippen LogP contribution in [-0.2, 0) is 19.6 Å². The zero-order valence-electron chi connectivity index (χ0n) is 15.3. The summed E-state index contributed by atoms with van der Waals surface area (Å²) in [6.45, 7) is 3.07. The van der Waals surface area contributed by atoms with Crippen LogP contribution in [0.1, 0.15) is 22.8 Å². The summed E-state index contributed by atoms with van der Waals surface area (Å²) < 4.78 is 32.7. The number of hydrogen-bond acceptors (Lipinski definition) is 6. The van der Waals surface area contributed by atoms with E-state index in [1.165, 1.54) is 44.0 Å². The van der Waals surface area contributed by atoms with Gasteiger partial charge in [0, 0.05) is 11.8 Å². The number of sulfonamides is 1. The van der Waals surface area contributed by atoms with E-state index in [-0.39, 0.29) is 22.1 Å². The Morgan fingerprint density at radius 1 is 1.07 bits per heavy atom. The van der Waals surface area contributed by atoms with Gasteiger partial charge in [0.2, 0.25) is 5.91 Å². The lowest BCUT2D eigenvalue weighted by molar-refractivity contribution is -0.114. The van der Waals surface area contributed by atoms with Crippen LogP contribution in [0.15, 0.2) is 46.2 Å². The molecule has 0 radical (unpaired) electrons. The minimum atomic E-state index is -3.93. The number of nitrogens with one attached hydrogen (secondary N) is 2. The Labute approximate surface area is 162 Å². The average molecular weight is 409 g/mol. The number of carbonyl (C=O) groups excluding carboxylic acids is 2. The first-order chi connectivity index (χ1) is 12.7. The molecule has 9 heteroatoms. The first-order valence-electron chi connectivity index (χ1n) is 7.85. The Hall–Kier alpha value is -2.52. The van der Waals surface area contributed by atoms with Crippen LogP contribution in [0.3, 0.4) is 0 Å². The molecule has 0 unspecified atom stereocenters.